The van der Waals surface area contributed by atoms with Gasteiger partial charge in [0.25, 0.3) is 0 Å². The van der Waals surface area contributed by atoms with Crippen LogP contribution in [0.25, 0.3) is 0 Å². The molecule has 0 aliphatic heterocycles. The molecule has 0 heterocycles. The summed E-state index contributed by atoms with van der Waals surface area (Å²) in [4.78, 5) is 24.1. The molecule has 0 saturated heterocycles. The van der Waals surface area contributed by atoms with Gasteiger partial charge >= 0.3 is 5.97 Å². The zero-order valence-electron chi connectivity index (χ0n) is 19.5. The Labute approximate surface area is 178 Å². The maximum absolute atomic E-state index is 12.9. The zero-order valence-corrected chi connectivity index (χ0v) is 19.5. The number of hydrogen-bond acceptors (Lipinski definition) is 2. The molecule has 3 saturated carbocycles. The molecule has 3 heteroatoms. The second kappa shape index (κ2) is 8.71. The number of Topliss-reactive ketones (excluding diaryl/α,β-unsaturated/α-hetero) is 1. The van der Waals surface area contributed by atoms with Crippen molar-refractivity contribution in [3.05, 3.63) is 0 Å². The smallest absolute Gasteiger partial charge is 0.303 e. The molecule has 3 aliphatic rings. The third-order valence-corrected chi connectivity index (χ3v) is 9.66. The molecule has 3 rings (SSSR count). The SMILES string of the molecule is CC(C)CCC[C@@H](C)[C@H]1CC[C@@H]2[C@H]3CCC(=O)[C@](C)(CCC(=O)O)[C@@H]3CC[C@@]21C. The van der Waals surface area contributed by atoms with Gasteiger partial charge in [0.1, 0.15) is 5.78 Å². The second-order valence-electron chi connectivity index (χ2n) is 11.7. The molecule has 0 aromatic rings. The number of carbonyl (C=O) groups excluding carboxylic acids is 1. The van der Waals surface area contributed by atoms with Crippen molar-refractivity contribution in [2.45, 2.75) is 105 Å². The van der Waals surface area contributed by atoms with Crippen LogP contribution in [0, 0.1) is 46.3 Å². The van der Waals surface area contributed by atoms with E-state index in [1.165, 1.54) is 38.5 Å². The second-order valence-corrected chi connectivity index (χ2v) is 11.7. The standard InChI is InChI=1S/C26H44O3/c1-17(2)7-6-8-18(3)20-10-11-21-19-9-12-23(27)26(5,16-14-24(28)29)22(19)13-15-25(20,21)4/h17-22H,6-16H2,1-5H3,(H,28,29)/t18-,19-,20-,21-,22-,25-,26-/m1/s1. The van der Waals surface area contributed by atoms with Crippen molar-refractivity contribution in [2.75, 3.05) is 0 Å². The van der Waals surface area contributed by atoms with Gasteiger partial charge in [0.2, 0.25) is 0 Å². The topological polar surface area (TPSA) is 54.4 Å². The molecule has 0 aromatic heterocycles. The van der Waals surface area contributed by atoms with E-state index in [9.17, 15) is 14.7 Å². The molecule has 166 valence electrons. The molecular weight excluding hydrogens is 360 g/mol. The third-order valence-electron chi connectivity index (χ3n) is 9.66. The highest BCUT2D eigenvalue weighted by atomic mass is 16.4. The van der Waals surface area contributed by atoms with E-state index in [1.54, 1.807) is 0 Å². The first-order chi connectivity index (χ1) is 13.6. The first-order valence-electron chi connectivity index (χ1n) is 12.3. The van der Waals surface area contributed by atoms with Crippen LogP contribution < -0.4 is 0 Å². The van der Waals surface area contributed by atoms with Crippen LogP contribution in [-0.4, -0.2) is 16.9 Å². The Balaban J connectivity index is 1.73. The monoisotopic (exact) mass is 404 g/mol. The van der Waals surface area contributed by atoms with Gasteiger partial charge in [0, 0.05) is 18.3 Å². The Kier molecular flexibility index (Phi) is 6.85. The number of fused-ring (bicyclic) bond motifs is 3. The van der Waals surface area contributed by atoms with Crippen LogP contribution >= 0.6 is 0 Å². The molecule has 0 spiro atoms. The fourth-order valence-corrected chi connectivity index (χ4v) is 7.99. The molecule has 0 amide bonds. The molecule has 0 unspecified atom stereocenters. The van der Waals surface area contributed by atoms with Crippen molar-refractivity contribution in [1.29, 1.82) is 0 Å². The molecule has 7 atom stereocenters. The van der Waals surface area contributed by atoms with E-state index < -0.39 is 11.4 Å². The van der Waals surface area contributed by atoms with Crippen molar-refractivity contribution in [3.63, 3.8) is 0 Å². The minimum atomic E-state index is -0.766. The van der Waals surface area contributed by atoms with E-state index in [4.69, 9.17) is 0 Å². The van der Waals surface area contributed by atoms with Gasteiger partial charge in [-0.15, -0.1) is 0 Å². The van der Waals surface area contributed by atoms with Crippen LogP contribution in [0.3, 0.4) is 0 Å². The zero-order chi connectivity index (χ0) is 21.4. The van der Waals surface area contributed by atoms with E-state index in [1.807, 2.05) is 0 Å². The summed E-state index contributed by atoms with van der Waals surface area (Å²) in [5.41, 5.74) is 0.0100. The fourth-order valence-electron chi connectivity index (χ4n) is 7.99. The predicted molar refractivity (Wildman–Crippen MR) is 118 cm³/mol. The van der Waals surface area contributed by atoms with Crippen molar-refractivity contribution in [3.8, 4) is 0 Å². The highest BCUT2D eigenvalue weighted by Crippen LogP contribution is 2.65. The van der Waals surface area contributed by atoms with Gasteiger partial charge in [0.05, 0.1) is 0 Å². The van der Waals surface area contributed by atoms with Crippen LogP contribution in [0.5, 0.6) is 0 Å². The first kappa shape index (κ1) is 22.8. The van der Waals surface area contributed by atoms with E-state index in [2.05, 4.69) is 34.6 Å². The predicted octanol–water partition coefficient (Wildman–Crippen LogP) is 6.74. The molecule has 29 heavy (non-hydrogen) atoms. The quantitative estimate of drug-likeness (QED) is 0.487. The highest BCUT2D eigenvalue weighted by molar-refractivity contribution is 5.86. The number of hydrogen-bond donors (Lipinski definition) is 1. The highest BCUT2D eigenvalue weighted by Gasteiger charge is 2.59. The molecule has 1 N–H and O–H groups in total. The minimum absolute atomic E-state index is 0.128. The van der Waals surface area contributed by atoms with Crippen LogP contribution in [0.1, 0.15) is 105 Å². The van der Waals surface area contributed by atoms with Gasteiger partial charge < -0.3 is 5.11 Å². The Morgan fingerprint density at radius 2 is 1.79 bits per heavy atom. The Bertz CT molecular complexity index is 611. The van der Waals surface area contributed by atoms with Crippen molar-refractivity contribution >= 4 is 11.8 Å². The van der Waals surface area contributed by atoms with E-state index in [-0.39, 0.29) is 6.42 Å². The van der Waals surface area contributed by atoms with Crippen LogP contribution in [0.15, 0.2) is 0 Å². The first-order valence-corrected chi connectivity index (χ1v) is 12.3. The van der Waals surface area contributed by atoms with Crippen LogP contribution in [-0.2, 0) is 9.59 Å². The van der Waals surface area contributed by atoms with Gasteiger partial charge in [-0.2, -0.15) is 0 Å². The number of carbonyl (C=O) groups is 2. The van der Waals surface area contributed by atoms with Crippen molar-refractivity contribution in [1.82, 2.24) is 0 Å². The summed E-state index contributed by atoms with van der Waals surface area (Å²) in [6, 6.07) is 0. The van der Waals surface area contributed by atoms with Crippen molar-refractivity contribution in [2.24, 2.45) is 46.3 Å². The molecule has 0 radical (unpaired) electrons. The molecule has 0 bridgehead atoms. The molecular formula is C26H44O3. The summed E-state index contributed by atoms with van der Waals surface area (Å²) in [5, 5.41) is 9.22. The lowest BCUT2D eigenvalue weighted by Crippen LogP contribution is -2.52. The summed E-state index contributed by atoms with van der Waals surface area (Å²) < 4.78 is 0. The number of carboxylic acid groups (broad SMARTS) is 1. The summed E-state index contributed by atoms with van der Waals surface area (Å²) in [7, 11) is 0. The van der Waals surface area contributed by atoms with Gasteiger partial charge in [-0.25, -0.2) is 0 Å². The molecule has 3 aliphatic carbocycles. The van der Waals surface area contributed by atoms with Crippen molar-refractivity contribution < 1.29 is 14.7 Å². The van der Waals surface area contributed by atoms with Gasteiger partial charge in [0.15, 0.2) is 0 Å². The number of ketones is 1. The average Bonchev–Trinajstić information content (AvgIpc) is 3.00. The number of carboxylic acids is 1. The van der Waals surface area contributed by atoms with Crippen LogP contribution in [0.4, 0.5) is 0 Å². The summed E-state index contributed by atoms with van der Waals surface area (Å²) in [6.07, 6.45) is 11.4. The lowest BCUT2D eigenvalue weighted by atomic mass is 9.48. The molecule has 3 nitrogen and oxygen atoms in total. The lowest BCUT2D eigenvalue weighted by Gasteiger charge is -2.56. The summed E-state index contributed by atoms with van der Waals surface area (Å²) in [5.74, 6) is 3.74. The third kappa shape index (κ3) is 4.30. The van der Waals surface area contributed by atoms with E-state index >= 15 is 0 Å². The Morgan fingerprint density at radius 3 is 2.45 bits per heavy atom. The normalized spacial score (nSPS) is 40.6. The van der Waals surface area contributed by atoms with Gasteiger partial charge in [-0.3, -0.25) is 9.59 Å². The number of aliphatic carboxylic acids is 1. The summed E-state index contributed by atoms with van der Waals surface area (Å²) >= 11 is 0. The largest absolute Gasteiger partial charge is 0.481 e. The van der Waals surface area contributed by atoms with E-state index in [0.29, 0.717) is 35.9 Å². The van der Waals surface area contributed by atoms with Crippen LogP contribution in [0.2, 0.25) is 0 Å². The maximum atomic E-state index is 12.9. The lowest BCUT2D eigenvalue weighted by molar-refractivity contribution is -0.148. The molecule has 0 aromatic carbocycles. The summed E-state index contributed by atoms with van der Waals surface area (Å²) in [6.45, 7) is 11.8. The van der Waals surface area contributed by atoms with Gasteiger partial charge in [-0.1, -0.05) is 53.9 Å². The minimum Gasteiger partial charge on any atom is -0.481 e. The fraction of sp³-hybridized carbons (Fsp3) is 0.923. The number of rotatable bonds is 8. The Hall–Kier alpha value is -0.860. The van der Waals surface area contributed by atoms with E-state index in [0.717, 1.165) is 36.5 Å². The van der Waals surface area contributed by atoms with Gasteiger partial charge in [-0.05, 0) is 79.4 Å². The maximum Gasteiger partial charge on any atom is 0.303 e. The molecule has 3 fully saturated rings. The average molecular weight is 405 g/mol. The Morgan fingerprint density at radius 1 is 1.07 bits per heavy atom.